The summed E-state index contributed by atoms with van der Waals surface area (Å²) >= 11 is 0. The zero-order chi connectivity index (χ0) is 15.0. The minimum atomic E-state index is 0.810. The Balaban J connectivity index is 1.35. The summed E-state index contributed by atoms with van der Waals surface area (Å²) < 4.78 is 0. The highest BCUT2D eigenvalue weighted by molar-refractivity contribution is 5.14. The summed E-state index contributed by atoms with van der Waals surface area (Å²) in [6, 6.07) is 11.7. The molecule has 2 nitrogen and oxygen atoms in total. The van der Waals surface area contributed by atoms with Crippen molar-refractivity contribution in [3.63, 3.8) is 0 Å². The molecule has 1 aromatic rings. The normalized spacial score (nSPS) is 22.5. The smallest absolute Gasteiger partial charge is 0.0233 e. The van der Waals surface area contributed by atoms with Gasteiger partial charge in [-0.25, -0.2) is 0 Å². The van der Waals surface area contributed by atoms with E-state index in [9.17, 15) is 0 Å². The quantitative estimate of drug-likeness (QED) is 0.819. The van der Waals surface area contributed by atoms with E-state index in [1.54, 1.807) is 0 Å². The minimum Gasteiger partial charge on any atom is -0.314 e. The largest absolute Gasteiger partial charge is 0.314 e. The molecule has 2 aliphatic rings. The van der Waals surface area contributed by atoms with Gasteiger partial charge >= 0.3 is 0 Å². The van der Waals surface area contributed by atoms with Crippen LogP contribution in [-0.4, -0.2) is 30.6 Å². The van der Waals surface area contributed by atoms with Gasteiger partial charge in [-0.3, -0.25) is 4.90 Å². The number of rotatable bonds is 5. The molecule has 1 aromatic carbocycles. The second-order valence-corrected chi connectivity index (χ2v) is 7.30. The molecule has 0 unspecified atom stereocenters. The highest BCUT2D eigenvalue weighted by atomic mass is 15.1. The summed E-state index contributed by atoms with van der Waals surface area (Å²) in [5.41, 5.74) is 1.46. The van der Waals surface area contributed by atoms with E-state index in [-0.39, 0.29) is 0 Å². The maximum absolute atomic E-state index is 3.88. The molecule has 1 aliphatic carbocycles. The number of piperidine rings is 1. The minimum absolute atomic E-state index is 0.810. The van der Waals surface area contributed by atoms with Gasteiger partial charge in [0.1, 0.15) is 0 Å². The van der Waals surface area contributed by atoms with E-state index in [1.807, 2.05) is 0 Å². The van der Waals surface area contributed by atoms with Crippen molar-refractivity contribution in [2.75, 3.05) is 19.6 Å². The lowest BCUT2D eigenvalue weighted by Gasteiger charge is -2.33. The second-order valence-electron chi connectivity index (χ2n) is 7.30. The van der Waals surface area contributed by atoms with Crippen LogP contribution in [0.1, 0.15) is 56.9 Å². The maximum atomic E-state index is 3.88. The molecule has 1 aliphatic heterocycles. The Hall–Kier alpha value is -0.860. The highest BCUT2D eigenvalue weighted by Crippen LogP contribution is 2.21. The summed E-state index contributed by atoms with van der Waals surface area (Å²) in [6.45, 7) is 4.92. The SMILES string of the molecule is c1ccc(CN2CCC(CNC3CCCCCC3)CC2)cc1. The molecule has 3 rings (SSSR count). The van der Waals surface area contributed by atoms with Crippen molar-refractivity contribution in [3.05, 3.63) is 35.9 Å². The number of hydrogen-bond acceptors (Lipinski definition) is 2. The van der Waals surface area contributed by atoms with E-state index in [4.69, 9.17) is 0 Å². The van der Waals surface area contributed by atoms with Gasteiger partial charge in [-0.2, -0.15) is 0 Å². The molecule has 0 radical (unpaired) electrons. The Morgan fingerprint density at radius 2 is 1.55 bits per heavy atom. The van der Waals surface area contributed by atoms with Crippen molar-refractivity contribution in [2.24, 2.45) is 5.92 Å². The Bertz CT molecular complexity index is 401. The summed E-state index contributed by atoms with van der Waals surface area (Å²) in [6.07, 6.45) is 11.3. The first-order chi connectivity index (χ1) is 10.9. The van der Waals surface area contributed by atoms with E-state index in [2.05, 4.69) is 40.5 Å². The first-order valence-corrected chi connectivity index (χ1v) is 9.40. The lowest BCUT2D eigenvalue weighted by atomic mass is 9.95. The molecule has 1 heterocycles. The first kappa shape index (κ1) is 16.0. The van der Waals surface area contributed by atoms with Crippen molar-refractivity contribution in [1.82, 2.24) is 10.2 Å². The van der Waals surface area contributed by atoms with Crippen LogP contribution < -0.4 is 5.32 Å². The molecule has 2 heteroatoms. The Kier molecular flexibility index (Phi) is 6.32. The topological polar surface area (TPSA) is 15.3 Å². The molecule has 0 aromatic heterocycles. The highest BCUT2D eigenvalue weighted by Gasteiger charge is 2.20. The van der Waals surface area contributed by atoms with Crippen molar-refractivity contribution < 1.29 is 0 Å². The fourth-order valence-electron chi connectivity index (χ4n) is 4.01. The molecule has 0 atom stereocenters. The van der Waals surface area contributed by atoms with Gasteiger partial charge in [0.2, 0.25) is 0 Å². The molecule has 1 saturated carbocycles. The van der Waals surface area contributed by atoms with E-state index in [0.717, 1.165) is 18.5 Å². The Morgan fingerprint density at radius 3 is 2.23 bits per heavy atom. The molecule has 0 bridgehead atoms. The van der Waals surface area contributed by atoms with Gasteiger partial charge in [0.15, 0.2) is 0 Å². The van der Waals surface area contributed by atoms with Gasteiger partial charge in [0.25, 0.3) is 0 Å². The maximum Gasteiger partial charge on any atom is 0.0233 e. The standard InChI is InChI=1S/C20H32N2/c1-2-7-11-20(10-6-1)21-16-18-12-14-22(15-13-18)17-19-8-4-3-5-9-19/h3-5,8-9,18,20-21H,1-2,6-7,10-17H2. The van der Waals surface area contributed by atoms with Crippen molar-refractivity contribution in [1.29, 1.82) is 0 Å². The number of hydrogen-bond donors (Lipinski definition) is 1. The summed E-state index contributed by atoms with van der Waals surface area (Å²) in [4.78, 5) is 2.62. The van der Waals surface area contributed by atoms with Crippen LogP contribution in [0.5, 0.6) is 0 Å². The number of likely N-dealkylation sites (tertiary alicyclic amines) is 1. The third-order valence-corrected chi connectivity index (χ3v) is 5.51. The molecule has 2 fully saturated rings. The van der Waals surface area contributed by atoms with Crippen LogP contribution in [0.3, 0.4) is 0 Å². The van der Waals surface area contributed by atoms with Crippen molar-refractivity contribution in [2.45, 2.75) is 64.0 Å². The monoisotopic (exact) mass is 300 g/mol. The lowest BCUT2D eigenvalue weighted by molar-refractivity contribution is 0.172. The van der Waals surface area contributed by atoms with Gasteiger partial charge < -0.3 is 5.32 Å². The van der Waals surface area contributed by atoms with Crippen LogP contribution >= 0.6 is 0 Å². The number of benzene rings is 1. The zero-order valence-electron chi connectivity index (χ0n) is 14.0. The van der Waals surface area contributed by atoms with Gasteiger partial charge in [-0.05, 0) is 56.8 Å². The third-order valence-electron chi connectivity index (χ3n) is 5.51. The van der Waals surface area contributed by atoms with Crippen LogP contribution in [0, 0.1) is 5.92 Å². The van der Waals surface area contributed by atoms with Crippen molar-refractivity contribution in [3.8, 4) is 0 Å². The van der Waals surface area contributed by atoms with Crippen LogP contribution in [0.15, 0.2) is 30.3 Å². The number of nitrogens with one attached hydrogen (secondary N) is 1. The number of nitrogens with zero attached hydrogens (tertiary/aromatic N) is 1. The van der Waals surface area contributed by atoms with Crippen LogP contribution in [-0.2, 0) is 6.54 Å². The van der Waals surface area contributed by atoms with Gasteiger partial charge in [0.05, 0.1) is 0 Å². The van der Waals surface area contributed by atoms with Crippen LogP contribution in [0.4, 0.5) is 0 Å². The molecule has 0 amide bonds. The molecule has 1 N–H and O–H groups in total. The van der Waals surface area contributed by atoms with Crippen molar-refractivity contribution >= 4 is 0 Å². The molecule has 1 saturated heterocycles. The third kappa shape index (κ3) is 5.10. The van der Waals surface area contributed by atoms with Gasteiger partial charge in [-0.1, -0.05) is 56.0 Å². The van der Waals surface area contributed by atoms with Gasteiger partial charge in [-0.15, -0.1) is 0 Å². The Morgan fingerprint density at radius 1 is 0.864 bits per heavy atom. The Labute approximate surface area is 136 Å². The summed E-state index contributed by atoms with van der Waals surface area (Å²) in [5, 5.41) is 3.88. The fraction of sp³-hybridized carbons (Fsp3) is 0.700. The average molecular weight is 300 g/mol. The fourth-order valence-corrected chi connectivity index (χ4v) is 4.01. The predicted molar refractivity (Wildman–Crippen MR) is 93.9 cm³/mol. The first-order valence-electron chi connectivity index (χ1n) is 9.40. The van der Waals surface area contributed by atoms with E-state index < -0.39 is 0 Å². The predicted octanol–water partition coefficient (Wildman–Crippen LogP) is 4.21. The van der Waals surface area contributed by atoms with E-state index in [1.165, 1.54) is 76.6 Å². The van der Waals surface area contributed by atoms with Crippen LogP contribution in [0.2, 0.25) is 0 Å². The molecular formula is C20H32N2. The molecule has 122 valence electrons. The summed E-state index contributed by atoms with van der Waals surface area (Å²) in [5.74, 6) is 0.898. The van der Waals surface area contributed by atoms with Crippen LogP contribution in [0.25, 0.3) is 0 Å². The van der Waals surface area contributed by atoms with Gasteiger partial charge in [0, 0.05) is 12.6 Å². The lowest BCUT2D eigenvalue weighted by Crippen LogP contribution is -2.39. The summed E-state index contributed by atoms with van der Waals surface area (Å²) in [7, 11) is 0. The van der Waals surface area contributed by atoms with E-state index >= 15 is 0 Å². The average Bonchev–Trinajstić information content (AvgIpc) is 2.84. The molecular weight excluding hydrogens is 268 g/mol. The molecule has 0 spiro atoms. The molecule has 22 heavy (non-hydrogen) atoms. The zero-order valence-corrected chi connectivity index (χ0v) is 14.0. The second kappa shape index (κ2) is 8.69. The van der Waals surface area contributed by atoms with E-state index in [0.29, 0.717) is 0 Å².